The van der Waals surface area contributed by atoms with Crippen LogP contribution in [0.2, 0.25) is 0 Å². The molecule has 0 spiro atoms. The lowest BCUT2D eigenvalue weighted by atomic mass is 9.98. The van der Waals surface area contributed by atoms with Crippen LogP contribution < -0.4 is 0 Å². The zero-order valence-electron chi connectivity index (χ0n) is 15.8. The van der Waals surface area contributed by atoms with Gasteiger partial charge in [0, 0.05) is 29.9 Å². The molecule has 29 heavy (non-hydrogen) atoms. The Balaban J connectivity index is 1.51. The first-order valence-electron chi connectivity index (χ1n) is 9.78. The highest BCUT2D eigenvalue weighted by Crippen LogP contribution is 2.29. The van der Waals surface area contributed by atoms with Gasteiger partial charge in [0.2, 0.25) is 0 Å². The van der Waals surface area contributed by atoms with Crippen LogP contribution in [-0.4, -0.2) is 29.7 Å². The van der Waals surface area contributed by atoms with Gasteiger partial charge in [0.15, 0.2) is 5.65 Å². The van der Waals surface area contributed by atoms with Crippen molar-refractivity contribution in [2.75, 3.05) is 0 Å². The van der Waals surface area contributed by atoms with Crippen LogP contribution in [0, 0.1) is 5.82 Å². The first kappa shape index (κ1) is 17.9. The molecular weight excluding hydrogens is 369 g/mol. The topological polar surface area (TPSA) is 76.2 Å². The maximum atomic E-state index is 14.5. The summed E-state index contributed by atoms with van der Waals surface area (Å²) in [6.45, 7) is -0.170. The second-order valence-corrected chi connectivity index (χ2v) is 7.29. The standard InChI is InChI=1S/C22H20FN5O/c23-19-8-6-14-3-1-4-15(14)16(19)7-9-21-25-11-18(22-27-26-13-28(21)22)17-5-2-10-24-20(17)12-29/h2,5-6,8,10-11,13,29H,1,3-4,7,9,12H2. The van der Waals surface area contributed by atoms with E-state index in [9.17, 15) is 9.50 Å². The molecule has 7 heteroatoms. The van der Waals surface area contributed by atoms with Crippen molar-refractivity contribution in [1.29, 1.82) is 0 Å². The number of hydrogen-bond donors (Lipinski definition) is 1. The molecule has 0 amide bonds. The summed E-state index contributed by atoms with van der Waals surface area (Å²) in [6, 6.07) is 7.20. The Hall–Kier alpha value is -3.19. The number of aliphatic hydroxyl groups is 1. The van der Waals surface area contributed by atoms with Gasteiger partial charge in [0.25, 0.3) is 0 Å². The highest BCUT2D eigenvalue weighted by molar-refractivity contribution is 5.77. The van der Waals surface area contributed by atoms with Crippen molar-refractivity contribution in [3.8, 4) is 11.1 Å². The van der Waals surface area contributed by atoms with Crippen molar-refractivity contribution < 1.29 is 9.50 Å². The fraction of sp³-hybridized carbons (Fsp3) is 0.273. The van der Waals surface area contributed by atoms with Gasteiger partial charge in [-0.05, 0) is 54.5 Å². The number of benzene rings is 1. The van der Waals surface area contributed by atoms with Gasteiger partial charge in [-0.25, -0.2) is 9.37 Å². The van der Waals surface area contributed by atoms with Gasteiger partial charge in [-0.1, -0.05) is 12.1 Å². The van der Waals surface area contributed by atoms with Gasteiger partial charge < -0.3 is 5.11 Å². The van der Waals surface area contributed by atoms with Gasteiger partial charge in [-0.2, -0.15) is 0 Å². The van der Waals surface area contributed by atoms with Gasteiger partial charge in [0.05, 0.1) is 12.3 Å². The molecule has 0 aliphatic heterocycles. The molecule has 146 valence electrons. The Morgan fingerprint density at radius 3 is 2.90 bits per heavy atom. The Morgan fingerprint density at radius 1 is 1.07 bits per heavy atom. The molecule has 0 saturated heterocycles. The number of fused-ring (bicyclic) bond motifs is 2. The average Bonchev–Trinajstić information content (AvgIpc) is 3.43. The van der Waals surface area contributed by atoms with E-state index in [1.54, 1.807) is 24.8 Å². The SMILES string of the molecule is OCc1ncccc1-c1cnc(CCc2c(F)ccc3c2CCC3)n2cnnc12. The normalized spacial score (nSPS) is 13.2. The molecule has 1 N–H and O–H groups in total. The minimum Gasteiger partial charge on any atom is -0.390 e. The maximum Gasteiger partial charge on any atom is 0.171 e. The number of hydrogen-bond acceptors (Lipinski definition) is 5. The largest absolute Gasteiger partial charge is 0.390 e. The summed E-state index contributed by atoms with van der Waals surface area (Å²) in [6.07, 6.45) is 9.25. The first-order valence-corrected chi connectivity index (χ1v) is 9.78. The van der Waals surface area contributed by atoms with Crippen molar-refractivity contribution in [1.82, 2.24) is 24.6 Å². The summed E-state index contributed by atoms with van der Waals surface area (Å²) in [5.74, 6) is 0.642. The molecule has 6 nitrogen and oxygen atoms in total. The molecular formula is C22H20FN5O. The third-order valence-electron chi connectivity index (χ3n) is 5.68. The van der Waals surface area contributed by atoms with E-state index in [4.69, 9.17) is 0 Å². The molecule has 0 radical (unpaired) electrons. The van der Waals surface area contributed by atoms with Gasteiger partial charge in [-0.3, -0.25) is 9.38 Å². The number of aliphatic hydroxyl groups excluding tert-OH is 1. The molecule has 0 fully saturated rings. The van der Waals surface area contributed by atoms with Crippen molar-refractivity contribution in [2.24, 2.45) is 0 Å². The summed E-state index contributed by atoms with van der Waals surface area (Å²) in [5, 5.41) is 17.9. The summed E-state index contributed by atoms with van der Waals surface area (Å²) in [5.41, 5.74) is 6.00. The average molecular weight is 389 g/mol. The molecule has 0 unspecified atom stereocenters. The lowest BCUT2D eigenvalue weighted by Gasteiger charge is -2.12. The van der Waals surface area contributed by atoms with E-state index >= 15 is 0 Å². The fourth-order valence-corrected chi connectivity index (χ4v) is 4.27. The second kappa shape index (κ2) is 7.33. The molecule has 0 saturated carbocycles. The molecule has 0 atom stereocenters. The van der Waals surface area contributed by atoms with Crippen LogP contribution in [0.5, 0.6) is 0 Å². The quantitative estimate of drug-likeness (QED) is 0.568. The summed E-state index contributed by atoms with van der Waals surface area (Å²) in [7, 11) is 0. The van der Waals surface area contributed by atoms with Crippen LogP contribution in [0.15, 0.2) is 43.0 Å². The van der Waals surface area contributed by atoms with Crippen LogP contribution in [0.25, 0.3) is 16.8 Å². The fourth-order valence-electron chi connectivity index (χ4n) is 4.27. The molecule has 4 aromatic rings. The molecule has 5 rings (SSSR count). The summed E-state index contributed by atoms with van der Waals surface area (Å²) < 4.78 is 16.3. The number of aryl methyl sites for hydroxylation is 2. The lowest BCUT2D eigenvalue weighted by Crippen LogP contribution is -2.07. The Bertz CT molecular complexity index is 1200. The van der Waals surface area contributed by atoms with Crippen LogP contribution in [0.4, 0.5) is 4.39 Å². The number of pyridine rings is 1. The zero-order chi connectivity index (χ0) is 19.8. The third kappa shape index (κ3) is 3.07. The number of aromatic nitrogens is 5. The van der Waals surface area contributed by atoms with Gasteiger partial charge >= 0.3 is 0 Å². The van der Waals surface area contributed by atoms with Crippen LogP contribution in [0.1, 0.15) is 34.6 Å². The highest BCUT2D eigenvalue weighted by Gasteiger charge is 2.19. The van der Waals surface area contributed by atoms with Gasteiger partial charge in [0.1, 0.15) is 18.0 Å². The second-order valence-electron chi connectivity index (χ2n) is 7.29. The van der Waals surface area contributed by atoms with Crippen LogP contribution in [-0.2, 0) is 32.3 Å². The Kier molecular flexibility index (Phi) is 4.52. The van der Waals surface area contributed by atoms with E-state index in [1.807, 2.05) is 22.6 Å². The van der Waals surface area contributed by atoms with E-state index in [2.05, 4.69) is 20.2 Å². The van der Waals surface area contributed by atoms with Crippen molar-refractivity contribution in [2.45, 2.75) is 38.7 Å². The molecule has 1 aromatic carbocycles. The van der Waals surface area contributed by atoms with E-state index in [0.29, 0.717) is 24.2 Å². The third-order valence-corrected chi connectivity index (χ3v) is 5.68. The lowest BCUT2D eigenvalue weighted by molar-refractivity contribution is 0.277. The van der Waals surface area contributed by atoms with Crippen molar-refractivity contribution in [3.05, 3.63) is 77.0 Å². The zero-order valence-corrected chi connectivity index (χ0v) is 15.8. The Morgan fingerprint density at radius 2 is 2.00 bits per heavy atom. The number of halogens is 1. The summed E-state index contributed by atoms with van der Waals surface area (Å²) >= 11 is 0. The monoisotopic (exact) mass is 389 g/mol. The number of nitrogens with zero attached hydrogens (tertiary/aromatic N) is 5. The van der Waals surface area contributed by atoms with Crippen LogP contribution >= 0.6 is 0 Å². The minimum absolute atomic E-state index is 0.134. The predicted molar refractivity (Wildman–Crippen MR) is 106 cm³/mol. The molecule has 1 aliphatic rings. The smallest absolute Gasteiger partial charge is 0.171 e. The summed E-state index contributed by atoms with van der Waals surface area (Å²) in [4.78, 5) is 8.85. The Labute approximate surface area is 167 Å². The van der Waals surface area contributed by atoms with E-state index in [1.165, 1.54) is 11.1 Å². The molecule has 3 heterocycles. The highest BCUT2D eigenvalue weighted by atomic mass is 19.1. The molecule has 3 aromatic heterocycles. The minimum atomic E-state index is -0.170. The van der Waals surface area contributed by atoms with Crippen molar-refractivity contribution in [3.63, 3.8) is 0 Å². The van der Waals surface area contributed by atoms with E-state index in [-0.39, 0.29) is 12.4 Å². The maximum absolute atomic E-state index is 14.5. The van der Waals surface area contributed by atoms with Crippen molar-refractivity contribution >= 4 is 5.65 Å². The molecule has 0 bridgehead atoms. The van der Waals surface area contributed by atoms with Crippen LogP contribution in [0.3, 0.4) is 0 Å². The van der Waals surface area contributed by atoms with E-state index in [0.717, 1.165) is 41.8 Å². The first-order chi connectivity index (χ1) is 14.3. The van der Waals surface area contributed by atoms with Gasteiger partial charge in [-0.15, -0.1) is 10.2 Å². The molecule has 1 aliphatic carbocycles. The van der Waals surface area contributed by atoms with E-state index < -0.39 is 0 Å². The number of rotatable bonds is 5. The predicted octanol–water partition coefficient (Wildman–Crippen LogP) is 3.09.